The van der Waals surface area contributed by atoms with Crippen molar-refractivity contribution in [2.24, 2.45) is 0 Å². The maximum absolute atomic E-state index is 6.06. The predicted molar refractivity (Wildman–Crippen MR) is 68.0 cm³/mol. The fraction of sp³-hybridized carbons (Fsp3) is 0.583. The molecule has 0 radical (unpaired) electrons. The molecule has 0 atom stereocenters. The number of aromatic nitrogens is 1. The van der Waals surface area contributed by atoms with Gasteiger partial charge in [-0.3, -0.25) is 4.98 Å². The Bertz CT molecular complexity index is 361. The molecule has 1 aromatic heterocycles. The summed E-state index contributed by atoms with van der Waals surface area (Å²) in [5, 5.41) is 4.11. The number of rotatable bonds is 4. The van der Waals surface area contributed by atoms with Gasteiger partial charge in [0.2, 0.25) is 0 Å². The second-order valence-corrected chi connectivity index (χ2v) is 5.09. The second kappa shape index (κ2) is 4.60. The average molecular weight is 240 g/mol. The van der Waals surface area contributed by atoms with E-state index in [1.807, 2.05) is 6.07 Å². The molecule has 0 bridgehead atoms. The zero-order valence-corrected chi connectivity index (χ0v) is 10.6. The molecule has 0 aromatic carbocycles. The SMILES string of the molecule is CN(C)C1(CNc2ccncc2Cl)CCC1. The Kier molecular flexibility index (Phi) is 3.36. The van der Waals surface area contributed by atoms with Crippen molar-refractivity contribution in [1.29, 1.82) is 0 Å². The fourth-order valence-electron chi connectivity index (χ4n) is 2.15. The summed E-state index contributed by atoms with van der Waals surface area (Å²) in [6.07, 6.45) is 7.28. The van der Waals surface area contributed by atoms with Crippen LogP contribution in [0.25, 0.3) is 0 Å². The number of hydrogen-bond acceptors (Lipinski definition) is 3. The van der Waals surface area contributed by atoms with Crippen molar-refractivity contribution >= 4 is 17.3 Å². The quantitative estimate of drug-likeness (QED) is 0.876. The number of anilines is 1. The Labute approximate surface area is 102 Å². The molecular formula is C12H18ClN3. The number of nitrogens with one attached hydrogen (secondary N) is 1. The summed E-state index contributed by atoms with van der Waals surface area (Å²) < 4.78 is 0. The first-order chi connectivity index (χ1) is 7.64. The van der Waals surface area contributed by atoms with Gasteiger partial charge in [-0.25, -0.2) is 0 Å². The molecule has 88 valence electrons. The van der Waals surface area contributed by atoms with Gasteiger partial charge in [0.25, 0.3) is 0 Å². The van der Waals surface area contributed by atoms with Crippen LogP contribution in [0.4, 0.5) is 5.69 Å². The maximum atomic E-state index is 6.06. The third-order valence-corrected chi connectivity index (χ3v) is 3.91. The smallest absolute Gasteiger partial charge is 0.0820 e. The minimum Gasteiger partial charge on any atom is -0.382 e. The van der Waals surface area contributed by atoms with Gasteiger partial charge >= 0.3 is 0 Å². The molecule has 1 fully saturated rings. The van der Waals surface area contributed by atoms with Crippen molar-refractivity contribution in [1.82, 2.24) is 9.88 Å². The first kappa shape index (κ1) is 11.7. The van der Waals surface area contributed by atoms with Crippen LogP contribution in [0.3, 0.4) is 0 Å². The van der Waals surface area contributed by atoms with Gasteiger partial charge < -0.3 is 10.2 Å². The second-order valence-electron chi connectivity index (χ2n) is 4.68. The molecule has 3 nitrogen and oxygen atoms in total. The molecule has 1 heterocycles. The van der Waals surface area contributed by atoms with E-state index >= 15 is 0 Å². The van der Waals surface area contributed by atoms with E-state index in [0.717, 1.165) is 12.2 Å². The summed E-state index contributed by atoms with van der Waals surface area (Å²) in [5.41, 5.74) is 1.29. The van der Waals surface area contributed by atoms with E-state index in [9.17, 15) is 0 Å². The Balaban J connectivity index is 1.99. The van der Waals surface area contributed by atoms with Crippen LogP contribution in [0.5, 0.6) is 0 Å². The lowest BCUT2D eigenvalue weighted by molar-refractivity contribution is 0.0739. The molecule has 16 heavy (non-hydrogen) atoms. The Morgan fingerprint density at radius 1 is 1.50 bits per heavy atom. The van der Waals surface area contributed by atoms with Gasteiger partial charge in [0.05, 0.1) is 10.7 Å². The Hall–Kier alpha value is -0.800. The molecule has 0 aliphatic heterocycles. The summed E-state index contributed by atoms with van der Waals surface area (Å²) in [6.45, 7) is 0.948. The van der Waals surface area contributed by atoms with Crippen LogP contribution in [0.1, 0.15) is 19.3 Å². The highest BCUT2D eigenvalue weighted by Gasteiger charge is 2.38. The van der Waals surface area contributed by atoms with Crippen LogP contribution in [0.15, 0.2) is 18.5 Å². The van der Waals surface area contributed by atoms with Gasteiger partial charge in [0, 0.05) is 24.5 Å². The molecule has 1 aliphatic rings. The molecule has 1 aromatic rings. The van der Waals surface area contributed by atoms with Crippen molar-refractivity contribution in [3.63, 3.8) is 0 Å². The van der Waals surface area contributed by atoms with E-state index in [0.29, 0.717) is 10.6 Å². The van der Waals surface area contributed by atoms with Gasteiger partial charge in [0.1, 0.15) is 0 Å². The lowest BCUT2D eigenvalue weighted by atomic mass is 9.75. The largest absolute Gasteiger partial charge is 0.382 e. The summed E-state index contributed by atoms with van der Waals surface area (Å²) in [7, 11) is 4.30. The number of pyridine rings is 1. The number of halogens is 1. The predicted octanol–water partition coefficient (Wildman–Crippen LogP) is 2.63. The maximum Gasteiger partial charge on any atom is 0.0820 e. The first-order valence-electron chi connectivity index (χ1n) is 5.65. The van der Waals surface area contributed by atoms with Crippen molar-refractivity contribution in [3.8, 4) is 0 Å². The van der Waals surface area contributed by atoms with Gasteiger partial charge in [-0.05, 0) is 39.4 Å². The van der Waals surface area contributed by atoms with Crippen LogP contribution in [-0.2, 0) is 0 Å². The molecular weight excluding hydrogens is 222 g/mol. The number of hydrogen-bond donors (Lipinski definition) is 1. The third-order valence-electron chi connectivity index (χ3n) is 3.61. The lowest BCUT2D eigenvalue weighted by Crippen LogP contribution is -2.54. The highest BCUT2D eigenvalue weighted by molar-refractivity contribution is 6.33. The van der Waals surface area contributed by atoms with Crippen molar-refractivity contribution in [3.05, 3.63) is 23.5 Å². The summed E-state index contributed by atoms with van der Waals surface area (Å²) in [5.74, 6) is 0. The minimum absolute atomic E-state index is 0.312. The van der Waals surface area contributed by atoms with Crippen LogP contribution in [0.2, 0.25) is 5.02 Å². The highest BCUT2D eigenvalue weighted by Crippen LogP contribution is 2.36. The fourth-order valence-corrected chi connectivity index (χ4v) is 2.33. The van der Waals surface area contributed by atoms with Crippen LogP contribution in [0, 0.1) is 0 Å². The molecule has 4 heteroatoms. The zero-order chi connectivity index (χ0) is 11.6. The van der Waals surface area contributed by atoms with E-state index in [1.54, 1.807) is 12.4 Å². The monoisotopic (exact) mass is 239 g/mol. The summed E-state index contributed by atoms with van der Waals surface area (Å²) in [4.78, 5) is 6.29. The average Bonchev–Trinajstić information content (AvgIpc) is 2.18. The van der Waals surface area contributed by atoms with Crippen molar-refractivity contribution in [2.45, 2.75) is 24.8 Å². The molecule has 1 aliphatic carbocycles. The zero-order valence-electron chi connectivity index (χ0n) is 9.83. The Morgan fingerprint density at radius 2 is 2.25 bits per heavy atom. The van der Waals surface area contributed by atoms with Crippen LogP contribution in [-0.4, -0.2) is 36.1 Å². The Morgan fingerprint density at radius 3 is 2.75 bits per heavy atom. The number of likely N-dealkylation sites (N-methyl/N-ethyl adjacent to an activating group) is 1. The third kappa shape index (κ3) is 2.15. The highest BCUT2D eigenvalue weighted by atomic mass is 35.5. The van der Waals surface area contributed by atoms with Crippen molar-refractivity contribution < 1.29 is 0 Å². The summed E-state index contributed by atoms with van der Waals surface area (Å²) in [6, 6.07) is 1.92. The van der Waals surface area contributed by atoms with Gasteiger partial charge in [-0.1, -0.05) is 11.6 Å². The molecule has 2 rings (SSSR count). The van der Waals surface area contributed by atoms with E-state index < -0.39 is 0 Å². The molecule has 1 N–H and O–H groups in total. The molecule has 0 spiro atoms. The summed E-state index contributed by atoms with van der Waals surface area (Å²) >= 11 is 6.06. The standard InChI is InChI=1S/C12H18ClN3/c1-16(2)12(5-3-6-12)9-15-11-4-7-14-8-10(11)13/h4,7-8H,3,5-6,9H2,1-2H3,(H,14,15). The van der Waals surface area contributed by atoms with Crippen LogP contribution < -0.4 is 5.32 Å². The first-order valence-corrected chi connectivity index (χ1v) is 6.03. The van der Waals surface area contributed by atoms with Gasteiger partial charge in [-0.2, -0.15) is 0 Å². The minimum atomic E-state index is 0.312. The van der Waals surface area contributed by atoms with E-state index in [4.69, 9.17) is 11.6 Å². The topological polar surface area (TPSA) is 28.2 Å². The molecule has 1 saturated carbocycles. The molecule has 0 amide bonds. The van der Waals surface area contributed by atoms with Gasteiger partial charge in [0.15, 0.2) is 0 Å². The van der Waals surface area contributed by atoms with E-state index in [1.165, 1.54) is 19.3 Å². The van der Waals surface area contributed by atoms with Crippen LogP contribution >= 0.6 is 11.6 Å². The van der Waals surface area contributed by atoms with Crippen molar-refractivity contribution in [2.75, 3.05) is 26.0 Å². The lowest BCUT2D eigenvalue weighted by Gasteiger charge is -2.47. The van der Waals surface area contributed by atoms with Gasteiger partial charge in [-0.15, -0.1) is 0 Å². The molecule has 0 saturated heterocycles. The normalized spacial score (nSPS) is 18.2. The van der Waals surface area contributed by atoms with E-state index in [2.05, 4.69) is 29.3 Å². The number of nitrogens with zero attached hydrogens (tertiary/aromatic N) is 2. The van der Waals surface area contributed by atoms with E-state index in [-0.39, 0.29) is 0 Å². The molecule has 0 unspecified atom stereocenters.